The van der Waals surface area contributed by atoms with Gasteiger partial charge in [-0.1, -0.05) is 59.6 Å². The van der Waals surface area contributed by atoms with Crippen LogP contribution in [-0.2, 0) is 13.0 Å². The number of hydrogen-bond donors (Lipinski definition) is 3. The van der Waals surface area contributed by atoms with Crippen molar-refractivity contribution in [3.63, 3.8) is 0 Å². The number of hydrogen-bond acceptors (Lipinski definition) is 3. The van der Waals surface area contributed by atoms with Crippen LogP contribution in [0.3, 0.4) is 0 Å². The quantitative estimate of drug-likeness (QED) is 0.727. The standard InChI is InChI=1S/C17H20Cl2N2O/c18-14-7-6-13(8-15(14)19)10-21-11-17(22)16(20)9-12-4-2-1-3-5-12/h1-8,16-17,21-22H,9-11,20H2/t16?,17-/m0/s1. The third kappa shape index (κ3) is 5.27. The lowest BCUT2D eigenvalue weighted by Gasteiger charge is -2.19. The van der Waals surface area contributed by atoms with Gasteiger partial charge in [-0.3, -0.25) is 0 Å². The van der Waals surface area contributed by atoms with E-state index in [0.29, 0.717) is 29.6 Å². The summed E-state index contributed by atoms with van der Waals surface area (Å²) in [4.78, 5) is 0. The second kappa shape index (κ2) is 8.51. The zero-order chi connectivity index (χ0) is 15.9. The second-order valence-corrected chi connectivity index (χ2v) is 6.11. The van der Waals surface area contributed by atoms with Gasteiger partial charge in [-0.2, -0.15) is 0 Å². The molecular weight excluding hydrogens is 319 g/mol. The van der Waals surface area contributed by atoms with E-state index in [9.17, 15) is 5.11 Å². The maximum Gasteiger partial charge on any atom is 0.0818 e. The first kappa shape index (κ1) is 17.3. The number of benzene rings is 2. The molecule has 0 aliphatic rings. The maximum atomic E-state index is 10.1. The lowest BCUT2D eigenvalue weighted by molar-refractivity contribution is 0.141. The van der Waals surface area contributed by atoms with Crippen molar-refractivity contribution in [1.82, 2.24) is 5.32 Å². The zero-order valence-electron chi connectivity index (χ0n) is 12.2. The molecule has 3 nitrogen and oxygen atoms in total. The fourth-order valence-corrected chi connectivity index (χ4v) is 2.51. The van der Waals surface area contributed by atoms with Crippen LogP contribution in [0.4, 0.5) is 0 Å². The first-order valence-electron chi connectivity index (χ1n) is 7.18. The molecule has 2 atom stereocenters. The van der Waals surface area contributed by atoms with E-state index < -0.39 is 6.10 Å². The number of halogens is 2. The predicted octanol–water partition coefficient (Wildman–Crippen LogP) is 3.01. The van der Waals surface area contributed by atoms with E-state index in [0.717, 1.165) is 11.1 Å². The van der Waals surface area contributed by atoms with Crippen LogP contribution in [0.15, 0.2) is 48.5 Å². The first-order valence-corrected chi connectivity index (χ1v) is 7.94. The van der Waals surface area contributed by atoms with E-state index in [1.165, 1.54) is 0 Å². The van der Waals surface area contributed by atoms with Gasteiger partial charge in [0.1, 0.15) is 0 Å². The maximum absolute atomic E-state index is 10.1. The van der Waals surface area contributed by atoms with Gasteiger partial charge in [-0.15, -0.1) is 0 Å². The summed E-state index contributed by atoms with van der Waals surface area (Å²) in [5.41, 5.74) is 8.18. The van der Waals surface area contributed by atoms with Crippen LogP contribution in [0.2, 0.25) is 10.0 Å². The van der Waals surface area contributed by atoms with Crippen molar-refractivity contribution in [2.75, 3.05) is 6.54 Å². The minimum atomic E-state index is -0.608. The second-order valence-electron chi connectivity index (χ2n) is 5.30. The molecule has 0 saturated heterocycles. The van der Waals surface area contributed by atoms with E-state index in [2.05, 4.69) is 5.32 Å². The van der Waals surface area contributed by atoms with Crippen LogP contribution in [-0.4, -0.2) is 23.8 Å². The molecule has 0 aromatic heterocycles. The van der Waals surface area contributed by atoms with Gasteiger partial charge < -0.3 is 16.2 Å². The molecule has 22 heavy (non-hydrogen) atoms. The Morgan fingerprint density at radius 1 is 1.00 bits per heavy atom. The Morgan fingerprint density at radius 2 is 1.73 bits per heavy atom. The molecule has 0 bridgehead atoms. The summed E-state index contributed by atoms with van der Waals surface area (Å²) in [6.07, 6.45) is 0.0409. The SMILES string of the molecule is NC(Cc1ccccc1)[C@@H](O)CNCc1ccc(Cl)c(Cl)c1. The molecule has 1 unspecified atom stereocenters. The fraction of sp³-hybridized carbons (Fsp3) is 0.294. The van der Waals surface area contributed by atoms with E-state index in [1.54, 1.807) is 6.07 Å². The molecule has 0 aliphatic heterocycles. The highest BCUT2D eigenvalue weighted by Crippen LogP contribution is 2.22. The molecule has 0 radical (unpaired) electrons. The van der Waals surface area contributed by atoms with E-state index in [4.69, 9.17) is 28.9 Å². The zero-order valence-corrected chi connectivity index (χ0v) is 13.7. The Morgan fingerprint density at radius 3 is 2.41 bits per heavy atom. The Balaban J connectivity index is 1.77. The summed E-state index contributed by atoms with van der Waals surface area (Å²) in [6.45, 7) is 1.03. The summed E-state index contributed by atoms with van der Waals surface area (Å²) in [7, 11) is 0. The van der Waals surface area contributed by atoms with Crippen LogP contribution in [0, 0.1) is 0 Å². The fourth-order valence-electron chi connectivity index (χ4n) is 2.19. The molecule has 2 aromatic rings. The lowest BCUT2D eigenvalue weighted by Crippen LogP contribution is -2.42. The minimum Gasteiger partial charge on any atom is -0.390 e. The van der Waals surface area contributed by atoms with Crippen LogP contribution >= 0.6 is 23.2 Å². The van der Waals surface area contributed by atoms with Crippen LogP contribution in [0.5, 0.6) is 0 Å². The van der Waals surface area contributed by atoms with Crippen molar-refractivity contribution in [1.29, 1.82) is 0 Å². The Hall–Kier alpha value is -1.10. The Bertz CT molecular complexity index is 592. The molecule has 2 rings (SSSR count). The van der Waals surface area contributed by atoms with Crippen molar-refractivity contribution < 1.29 is 5.11 Å². The number of aliphatic hydroxyl groups is 1. The minimum absolute atomic E-state index is 0.302. The molecule has 4 N–H and O–H groups in total. The van der Waals surface area contributed by atoms with Gasteiger partial charge in [0.15, 0.2) is 0 Å². The topological polar surface area (TPSA) is 58.3 Å². The van der Waals surface area contributed by atoms with Crippen LogP contribution in [0.1, 0.15) is 11.1 Å². The molecule has 0 spiro atoms. The van der Waals surface area contributed by atoms with Gasteiger partial charge in [0.05, 0.1) is 16.1 Å². The number of aliphatic hydroxyl groups excluding tert-OH is 1. The number of nitrogens with one attached hydrogen (secondary N) is 1. The van der Waals surface area contributed by atoms with Crippen molar-refractivity contribution in [3.8, 4) is 0 Å². The van der Waals surface area contributed by atoms with Crippen molar-refractivity contribution in [2.24, 2.45) is 5.73 Å². The molecular formula is C17H20Cl2N2O. The lowest BCUT2D eigenvalue weighted by atomic mass is 10.0. The summed E-state index contributed by atoms with van der Waals surface area (Å²) < 4.78 is 0. The summed E-state index contributed by atoms with van der Waals surface area (Å²) >= 11 is 11.8. The van der Waals surface area contributed by atoms with Crippen molar-refractivity contribution >= 4 is 23.2 Å². The van der Waals surface area contributed by atoms with Gasteiger partial charge in [0, 0.05) is 19.1 Å². The monoisotopic (exact) mass is 338 g/mol. The molecule has 0 amide bonds. The molecule has 0 aliphatic carbocycles. The van der Waals surface area contributed by atoms with E-state index in [1.807, 2.05) is 42.5 Å². The summed E-state index contributed by atoms with van der Waals surface area (Å²) in [5, 5.41) is 14.4. The van der Waals surface area contributed by atoms with Crippen LogP contribution < -0.4 is 11.1 Å². The van der Waals surface area contributed by atoms with Gasteiger partial charge in [-0.05, 0) is 29.7 Å². The molecule has 2 aromatic carbocycles. The summed E-state index contributed by atoms with van der Waals surface area (Å²) in [5.74, 6) is 0. The largest absolute Gasteiger partial charge is 0.390 e. The molecule has 0 saturated carbocycles. The van der Waals surface area contributed by atoms with Gasteiger partial charge in [0.25, 0.3) is 0 Å². The van der Waals surface area contributed by atoms with E-state index in [-0.39, 0.29) is 6.04 Å². The molecule has 118 valence electrons. The number of nitrogens with two attached hydrogens (primary N) is 1. The molecule has 0 fully saturated rings. The normalized spacial score (nSPS) is 13.8. The third-order valence-corrected chi connectivity index (χ3v) is 4.21. The van der Waals surface area contributed by atoms with E-state index >= 15 is 0 Å². The van der Waals surface area contributed by atoms with Crippen molar-refractivity contribution in [2.45, 2.75) is 25.1 Å². The van der Waals surface area contributed by atoms with Crippen LogP contribution in [0.25, 0.3) is 0 Å². The van der Waals surface area contributed by atoms with Gasteiger partial charge in [-0.25, -0.2) is 0 Å². The predicted molar refractivity (Wildman–Crippen MR) is 92.3 cm³/mol. The average Bonchev–Trinajstić information content (AvgIpc) is 2.51. The smallest absolute Gasteiger partial charge is 0.0818 e. The number of rotatable bonds is 7. The Labute approximate surface area is 141 Å². The first-order chi connectivity index (χ1) is 10.6. The highest BCUT2D eigenvalue weighted by Gasteiger charge is 2.14. The van der Waals surface area contributed by atoms with Gasteiger partial charge >= 0.3 is 0 Å². The van der Waals surface area contributed by atoms with Crippen molar-refractivity contribution in [3.05, 3.63) is 69.7 Å². The highest BCUT2D eigenvalue weighted by atomic mass is 35.5. The average molecular weight is 339 g/mol. The molecule has 5 heteroatoms. The van der Waals surface area contributed by atoms with Gasteiger partial charge in [0.2, 0.25) is 0 Å². The Kier molecular flexibility index (Phi) is 6.68. The highest BCUT2D eigenvalue weighted by molar-refractivity contribution is 6.42. The molecule has 0 heterocycles. The third-order valence-electron chi connectivity index (χ3n) is 3.48. The summed E-state index contributed by atoms with van der Waals surface area (Å²) in [6, 6.07) is 15.1.